The molecule has 1 heterocycles. The summed E-state index contributed by atoms with van der Waals surface area (Å²) in [7, 11) is 0. The maximum Gasteiger partial charge on any atom is 0.350 e. The number of anilines is 2. The lowest BCUT2D eigenvalue weighted by Gasteiger charge is -2.08. The van der Waals surface area contributed by atoms with Crippen LogP contribution in [0.5, 0.6) is 0 Å². The molecule has 0 saturated carbocycles. The Labute approximate surface area is 137 Å². The predicted octanol–water partition coefficient (Wildman–Crippen LogP) is 1.03. The van der Waals surface area contributed by atoms with Gasteiger partial charge in [0.15, 0.2) is 0 Å². The Bertz CT molecular complexity index is 426. The van der Waals surface area contributed by atoms with Gasteiger partial charge in [-0.1, -0.05) is 25.7 Å². The average Bonchev–Trinajstić information content (AvgIpc) is 2.53. The normalized spacial score (nSPS) is 10.7. The van der Waals surface area contributed by atoms with E-state index in [2.05, 4.69) is 25.6 Å². The van der Waals surface area contributed by atoms with E-state index < -0.39 is 5.69 Å². The molecule has 1 rings (SSSR count). The third kappa shape index (κ3) is 9.85. The third-order valence-corrected chi connectivity index (χ3v) is 3.49. The van der Waals surface area contributed by atoms with E-state index >= 15 is 0 Å². The SMILES string of the molecule is NCCCCCCNc1nc(NCCCCCCN)[nH]c(=O)n1. The van der Waals surface area contributed by atoms with Gasteiger partial charge >= 0.3 is 5.69 Å². The Morgan fingerprint density at radius 2 is 1.35 bits per heavy atom. The van der Waals surface area contributed by atoms with Gasteiger partial charge in [0, 0.05) is 13.1 Å². The van der Waals surface area contributed by atoms with Crippen molar-refractivity contribution < 1.29 is 0 Å². The number of rotatable bonds is 14. The highest BCUT2D eigenvalue weighted by Crippen LogP contribution is 2.04. The van der Waals surface area contributed by atoms with Gasteiger partial charge in [-0.15, -0.1) is 0 Å². The molecule has 8 heteroatoms. The second-order valence-corrected chi connectivity index (χ2v) is 5.59. The molecule has 0 fully saturated rings. The van der Waals surface area contributed by atoms with Crippen LogP contribution in [0.15, 0.2) is 4.79 Å². The minimum atomic E-state index is -0.392. The van der Waals surface area contributed by atoms with Crippen LogP contribution in [-0.4, -0.2) is 41.1 Å². The van der Waals surface area contributed by atoms with Crippen LogP contribution in [0.4, 0.5) is 11.9 Å². The second-order valence-electron chi connectivity index (χ2n) is 5.59. The van der Waals surface area contributed by atoms with Crippen molar-refractivity contribution in [2.45, 2.75) is 51.4 Å². The molecule has 1 aromatic heterocycles. The molecule has 0 aromatic carbocycles. The summed E-state index contributed by atoms with van der Waals surface area (Å²) in [5.41, 5.74) is 10.5. The van der Waals surface area contributed by atoms with Crippen LogP contribution in [0, 0.1) is 0 Å². The lowest BCUT2D eigenvalue weighted by Crippen LogP contribution is -2.19. The predicted molar refractivity (Wildman–Crippen MR) is 94.7 cm³/mol. The van der Waals surface area contributed by atoms with E-state index in [1.807, 2.05) is 0 Å². The van der Waals surface area contributed by atoms with E-state index in [0.717, 1.165) is 77.5 Å². The number of hydrogen-bond donors (Lipinski definition) is 5. The minimum Gasteiger partial charge on any atom is -0.356 e. The number of aromatic nitrogens is 3. The summed E-state index contributed by atoms with van der Waals surface area (Å²) in [6.45, 7) is 3.02. The molecule has 0 atom stereocenters. The van der Waals surface area contributed by atoms with Crippen molar-refractivity contribution in [3.8, 4) is 0 Å². The monoisotopic (exact) mass is 325 g/mol. The molecule has 7 N–H and O–H groups in total. The molecule has 0 aliphatic rings. The highest BCUT2D eigenvalue weighted by Gasteiger charge is 2.02. The number of nitrogens with one attached hydrogen (secondary N) is 3. The van der Waals surface area contributed by atoms with Gasteiger partial charge in [-0.25, -0.2) is 4.79 Å². The largest absolute Gasteiger partial charge is 0.356 e. The smallest absolute Gasteiger partial charge is 0.350 e. The first kappa shape index (κ1) is 19.4. The molecule has 8 nitrogen and oxygen atoms in total. The molecule has 0 aliphatic heterocycles. The maximum absolute atomic E-state index is 11.5. The van der Waals surface area contributed by atoms with Crippen LogP contribution in [0.25, 0.3) is 0 Å². The van der Waals surface area contributed by atoms with Crippen molar-refractivity contribution in [1.29, 1.82) is 0 Å². The van der Waals surface area contributed by atoms with Crippen LogP contribution in [-0.2, 0) is 0 Å². The number of nitrogens with two attached hydrogens (primary N) is 2. The third-order valence-electron chi connectivity index (χ3n) is 3.49. The standard InChI is InChI=1S/C15H31N7O/c16-9-5-1-3-7-11-18-13-20-14(22-15(23)21-13)19-12-8-4-2-6-10-17/h1-12,16-17H2,(H3,18,19,20,21,22,23). The van der Waals surface area contributed by atoms with E-state index in [1.165, 1.54) is 0 Å². The van der Waals surface area contributed by atoms with E-state index in [9.17, 15) is 4.79 Å². The number of nitrogens with zero attached hydrogens (tertiary/aromatic N) is 2. The second kappa shape index (κ2) is 12.8. The van der Waals surface area contributed by atoms with Gasteiger partial charge in [0.05, 0.1) is 0 Å². The molecule has 0 unspecified atom stereocenters. The summed E-state index contributed by atoms with van der Waals surface area (Å²) in [5.74, 6) is 0.840. The summed E-state index contributed by atoms with van der Waals surface area (Å²) in [6.07, 6.45) is 8.65. The van der Waals surface area contributed by atoms with E-state index in [-0.39, 0.29) is 0 Å². The van der Waals surface area contributed by atoms with Crippen LogP contribution in [0.2, 0.25) is 0 Å². The molecule has 0 spiro atoms. The quantitative estimate of drug-likeness (QED) is 0.322. The first-order valence-electron chi connectivity index (χ1n) is 8.62. The molecule has 23 heavy (non-hydrogen) atoms. The fourth-order valence-electron chi connectivity index (χ4n) is 2.20. The van der Waals surface area contributed by atoms with E-state index in [4.69, 9.17) is 11.5 Å². The molecule has 0 bridgehead atoms. The van der Waals surface area contributed by atoms with Crippen LogP contribution >= 0.6 is 0 Å². The van der Waals surface area contributed by atoms with Gasteiger partial charge in [0.2, 0.25) is 11.9 Å². The molecule has 0 aliphatic carbocycles. The van der Waals surface area contributed by atoms with Gasteiger partial charge < -0.3 is 22.1 Å². The van der Waals surface area contributed by atoms with Crippen molar-refractivity contribution in [2.24, 2.45) is 11.5 Å². The van der Waals surface area contributed by atoms with Gasteiger partial charge in [-0.3, -0.25) is 4.98 Å². The molecular weight excluding hydrogens is 294 g/mol. The molecule has 0 saturated heterocycles. The molecule has 132 valence electrons. The average molecular weight is 325 g/mol. The maximum atomic E-state index is 11.5. The van der Waals surface area contributed by atoms with Gasteiger partial charge in [0.1, 0.15) is 0 Å². The fourth-order valence-corrected chi connectivity index (χ4v) is 2.20. The zero-order valence-electron chi connectivity index (χ0n) is 13.9. The number of aromatic amines is 1. The van der Waals surface area contributed by atoms with Crippen LogP contribution < -0.4 is 27.8 Å². The highest BCUT2D eigenvalue weighted by atomic mass is 16.1. The summed E-state index contributed by atoms with van der Waals surface area (Å²) < 4.78 is 0. The van der Waals surface area contributed by atoms with Crippen molar-refractivity contribution in [2.75, 3.05) is 36.8 Å². The summed E-state index contributed by atoms with van der Waals surface area (Å²) in [5, 5.41) is 6.22. The van der Waals surface area contributed by atoms with Crippen LogP contribution in [0.1, 0.15) is 51.4 Å². The number of unbranched alkanes of at least 4 members (excludes halogenated alkanes) is 6. The Morgan fingerprint density at radius 3 is 1.96 bits per heavy atom. The Morgan fingerprint density at radius 1 is 0.783 bits per heavy atom. The molecule has 0 radical (unpaired) electrons. The highest BCUT2D eigenvalue weighted by molar-refractivity contribution is 5.32. The zero-order chi connectivity index (χ0) is 16.8. The Balaban J connectivity index is 2.27. The lowest BCUT2D eigenvalue weighted by molar-refractivity contribution is 0.658. The van der Waals surface area contributed by atoms with Crippen molar-refractivity contribution in [1.82, 2.24) is 15.0 Å². The van der Waals surface area contributed by atoms with Gasteiger partial charge in [-0.05, 0) is 38.8 Å². The lowest BCUT2D eigenvalue weighted by atomic mass is 10.2. The first-order valence-corrected chi connectivity index (χ1v) is 8.62. The van der Waals surface area contributed by atoms with Gasteiger partial charge in [0.25, 0.3) is 0 Å². The summed E-state index contributed by atoms with van der Waals surface area (Å²) in [6, 6.07) is 0. The van der Waals surface area contributed by atoms with Crippen molar-refractivity contribution in [3.05, 3.63) is 10.5 Å². The summed E-state index contributed by atoms with van der Waals surface area (Å²) >= 11 is 0. The van der Waals surface area contributed by atoms with Gasteiger partial charge in [-0.2, -0.15) is 9.97 Å². The summed E-state index contributed by atoms with van der Waals surface area (Å²) in [4.78, 5) is 22.3. The number of hydrogen-bond acceptors (Lipinski definition) is 7. The topological polar surface area (TPSA) is 135 Å². The van der Waals surface area contributed by atoms with Crippen LogP contribution in [0.3, 0.4) is 0 Å². The fraction of sp³-hybridized carbons (Fsp3) is 0.800. The minimum absolute atomic E-state index is 0.373. The van der Waals surface area contributed by atoms with E-state index in [0.29, 0.717) is 11.9 Å². The number of H-pyrrole nitrogens is 1. The molecule has 1 aromatic rings. The van der Waals surface area contributed by atoms with E-state index in [1.54, 1.807) is 0 Å². The van der Waals surface area contributed by atoms with Crippen molar-refractivity contribution >= 4 is 11.9 Å². The Kier molecular flexibility index (Phi) is 10.8. The Hall–Kier alpha value is -1.67. The van der Waals surface area contributed by atoms with Crippen molar-refractivity contribution in [3.63, 3.8) is 0 Å². The first-order chi connectivity index (χ1) is 11.3. The molecular formula is C15H31N7O. The zero-order valence-corrected chi connectivity index (χ0v) is 13.9. The molecule has 0 amide bonds.